The van der Waals surface area contributed by atoms with Crippen molar-refractivity contribution in [2.75, 3.05) is 5.32 Å². The van der Waals surface area contributed by atoms with Crippen molar-refractivity contribution in [3.63, 3.8) is 0 Å². The lowest BCUT2D eigenvalue weighted by Crippen LogP contribution is -2.33. The molecule has 126 valence electrons. The Morgan fingerprint density at radius 3 is 2.35 bits per heavy atom. The number of halogens is 3. The first-order valence-electron chi connectivity index (χ1n) is 6.61. The molecular formula is C13H16F3N5O2. The molecule has 2 heterocycles. The molecule has 10 heteroatoms. The summed E-state index contributed by atoms with van der Waals surface area (Å²) in [5, 5.41) is 15.5. The Balaban J connectivity index is 2.32. The van der Waals surface area contributed by atoms with Crippen molar-refractivity contribution in [1.29, 1.82) is 0 Å². The van der Waals surface area contributed by atoms with Crippen molar-refractivity contribution in [3.05, 3.63) is 30.6 Å². The van der Waals surface area contributed by atoms with Crippen LogP contribution in [0.5, 0.6) is 0 Å². The SMILES string of the molecule is CC(C)(C)OC(O)Nc1cn(-c2cncnc2)nc1C(F)(F)F. The second-order valence-corrected chi connectivity index (χ2v) is 5.66. The van der Waals surface area contributed by atoms with Gasteiger partial charge in [0.25, 0.3) is 0 Å². The van der Waals surface area contributed by atoms with Crippen LogP contribution in [-0.4, -0.2) is 36.9 Å². The van der Waals surface area contributed by atoms with E-state index in [1.807, 2.05) is 0 Å². The summed E-state index contributed by atoms with van der Waals surface area (Å²) in [4.78, 5) is 7.45. The highest BCUT2D eigenvalue weighted by Crippen LogP contribution is 2.34. The van der Waals surface area contributed by atoms with Crippen molar-refractivity contribution in [3.8, 4) is 5.69 Å². The number of ether oxygens (including phenoxy) is 1. The molecule has 1 unspecified atom stereocenters. The van der Waals surface area contributed by atoms with E-state index in [0.29, 0.717) is 0 Å². The molecule has 0 radical (unpaired) electrons. The van der Waals surface area contributed by atoms with Gasteiger partial charge in [-0.25, -0.2) is 14.6 Å². The summed E-state index contributed by atoms with van der Waals surface area (Å²) in [7, 11) is 0. The van der Waals surface area contributed by atoms with Gasteiger partial charge in [-0.3, -0.25) is 0 Å². The van der Waals surface area contributed by atoms with Crippen LogP contribution in [0.2, 0.25) is 0 Å². The van der Waals surface area contributed by atoms with Crippen LogP contribution in [0.1, 0.15) is 26.5 Å². The largest absolute Gasteiger partial charge is 0.437 e. The maximum atomic E-state index is 13.1. The zero-order valence-electron chi connectivity index (χ0n) is 12.7. The number of aliphatic hydroxyl groups excluding tert-OH is 1. The average molecular weight is 331 g/mol. The van der Waals surface area contributed by atoms with Crippen LogP contribution in [0.15, 0.2) is 24.9 Å². The van der Waals surface area contributed by atoms with Gasteiger partial charge >= 0.3 is 6.18 Å². The zero-order valence-corrected chi connectivity index (χ0v) is 12.7. The third kappa shape index (κ3) is 4.63. The first kappa shape index (κ1) is 17.2. The van der Waals surface area contributed by atoms with Gasteiger partial charge in [0.15, 0.2) is 5.69 Å². The van der Waals surface area contributed by atoms with Gasteiger partial charge in [-0.2, -0.15) is 18.3 Å². The summed E-state index contributed by atoms with van der Waals surface area (Å²) in [6.07, 6.45) is -1.38. The second kappa shape index (κ2) is 6.13. The summed E-state index contributed by atoms with van der Waals surface area (Å²) in [5.74, 6) is 0. The average Bonchev–Trinajstić information content (AvgIpc) is 2.81. The number of aromatic nitrogens is 4. The number of nitrogens with one attached hydrogen (secondary N) is 1. The molecule has 0 aliphatic heterocycles. The van der Waals surface area contributed by atoms with E-state index < -0.39 is 29.6 Å². The summed E-state index contributed by atoms with van der Waals surface area (Å²) < 4.78 is 45.4. The van der Waals surface area contributed by atoms with Crippen LogP contribution >= 0.6 is 0 Å². The maximum absolute atomic E-state index is 13.1. The molecule has 2 aromatic rings. The van der Waals surface area contributed by atoms with Gasteiger partial charge in [0.1, 0.15) is 12.0 Å². The van der Waals surface area contributed by atoms with Crippen LogP contribution in [0, 0.1) is 0 Å². The fraction of sp³-hybridized carbons (Fsp3) is 0.462. The molecular weight excluding hydrogens is 315 g/mol. The standard InChI is InChI=1S/C13H16F3N5O2/c1-12(2,3)23-11(22)19-9-6-21(8-4-17-7-18-5-8)20-10(9)13(14,15)16/h4-7,11,19,22H,1-3H3. The number of anilines is 1. The zero-order chi connectivity index (χ0) is 17.3. The predicted octanol–water partition coefficient (Wildman–Crippen LogP) is 2.18. The van der Waals surface area contributed by atoms with Gasteiger partial charge in [-0.15, -0.1) is 0 Å². The van der Waals surface area contributed by atoms with Crippen molar-refractivity contribution < 1.29 is 23.0 Å². The van der Waals surface area contributed by atoms with Crippen LogP contribution in [0.3, 0.4) is 0 Å². The molecule has 1 atom stereocenters. The molecule has 0 aromatic carbocycles. The molecule has 0 saturated heterocycles. The highest BCUT2D eigenvalue weighted by atomic mass is 19.4. The minimum atomic E-state index is -4.70. The molecule has 0 fully saturated rings. The number of hydrogen-bond donors (Lipinski definition) is 2. The van der Waals surface area contributed by atoms with Gasteiger partial charge in [-0.05, 0) is 20.8 Å². The number of rotatable bonds is 4. The lowest BCUT2D eigenvalue weighted by Gasteiger charge is -2.24. The highest BCUT2D eigenvalue weighted by Gasteiger charge is 2.38. The van der Waals surface area contributed by atoms with E-state index in [9.17, 15) is 18.3 Å². The van der Waals surface area contributed by atoms with Crippen molar-refractivity contribution >= 4 is 5.69 Å². The summed E-state index contributed by atoms with van der Waals surface area (Å²) in [6.45, 7) is 4.98. The molecule has 2 aromatic heterocycles. The van der Waals surface area contributed by atoms with Crippen molar-refractivity contribution in [2.45, 2.75) is 39.0 Å². The lowest BCUT2D eigenvalue weighted by molar-refractivity contribution is -0.150. The molecule has 7 nitrogen and oxygen atoms in total. The minimum absolute atomic E-state index is 0.247. The monoisotopic (exact) mass is 331 g/mol. The topological polar surface area (TPSA) is 85.1 Å². The molecule has 0 aliphatic rings. The Kier molecular flexibility index (Phi) is 4.57. The Bertz CT molecular complexity index is 652. The number of aliphatic hydroxyl groups is 1. The predicted molar refractivity (Wildman–Crippen MR) is 74.6 cm³/mol. The van der Waals surface area contributed by atoms with Crippen LogP contribution in [-0.2, 0) is 10.9 Å². The normalized spacial score (nSPS) is 13.9. The van der Waals surface area contributed by atoms with E-state index >= 15 is 0 Å². The minimum Gasteiger partial charge on any atom is -0.351 e. The molecule has 0 saturated carbocycles. The third-order valence-electron chi connectivity index (χ3n) is 2.54. The van der Waals surface area contributed by atoms with Crippen molar-refractivity contribution in [2.24, 2.45) is 0 Å². The molecule has 0 amide bonds. The Morgan fingerprint density at radius 1 is 1.22 bits per heavy atom. The van der Waals surface area contributed by atoms with E-state index in [0.717, 1.165) is 10.9 Å². The summed E-state index contributed by atoms with van der Waals surface area (Å²) in [5.41, 5.74) is -2.10. The van der Waals surface area contributed by atoms with Gasteiger partial charge in [0, 0.05) is 0 Å². The molecule has 23 heavy (non-hydrogen) atoms. The number of alkyl halides is 3. The van der Waals surface area contributed by atoms with E-state index in [4.69, 9.17) is 4.74 Å². The summed E-state index contributed by atoms with van der Waals surface area (Å²) >= 11 is 0. The molecule has 2 rings (SSSR count). The Morgan fingerprint density at radius 2 is 1.83 bits per heavy atom. The molecule has 0 bridgehead atoms. The lowest BCUT2D eigenvalue weighted by atomic mass is 10.2. The second-order valence-electron chi connectivity index (χ2n) is 5.66. The van der Waals surface area contributed by atoms with E-state index in [1.165, 1.54) is 18.7 Å². The Labute approximate surface area is 130 Å². The molecule has 0 aliphatic carbocycles. The van der Waals surface area contributed by atoms with Crippen LogP contribution in [0.25, 0.3) is 5.69 Å². The van der Waals surface area contributed by atoms with Gasteiger partial charge in [0.2, 0.25) is 6.41 Å². The van der Waals surface area contributed by atoms with E-state index in [2.05, 4.69) is 20.4 Å². The van der Waals surface area contributed by atoms with Gasteiger partial charge in [-0.1, -0.05) is 0 Å². The van der Waals surface area contributed by atoms with Gasteiger partial charge in [0.05, 0.1) is 29.9 Å². The fourth-order valence-corrected chi connectivity index (χ4v) is 1.73. The smallest absolute Gasteiger partial charge is 0.351 e. The molecule has 2 N–H and O–H groups in total. The van der Waals surface area contributed by atoms with Crippen molar-refractivity contribution in [1.82, 2.24) is 19.7 Å². The third-order valence-corrected chi connectivity index (χ3v) is 2.54. The highest BCUT2D eigenvalue weighted by molar-refractivity contribution is 5.49. The summed E-state index contributed by atoms with van der Waals surface area (Å²) in [6, 6.07) is 0. The first-order valence-corrected chi connectivity index (χ1v) is 6.61. The number of hydrogen-bond acceptors (Lipinski definition) is 6. The Hall–Kier alpha value is -2.20. The van der Waals surface area contributed by atoms with Crippen LogP contribution in [0.4, 0.5) is 18.9 Å². The first-order chi connectivity index (χ1) is 10.6. The number of nitrogens with zero attached hydrogens (tertiary/aromatic N) is 4. The molecule has 0 spiro atoms. The quantitative estimate of drug-likeness (QED) is 0.836. The fourth-order valence-electron chi connectivity index (χ4n) is 1.73. The van der Waals surface area contributed by atoms with Crippen LogP contribution < -0.4 is 5.32 Å². The van der Waals surface area contributed by atoms with Gasteiger partial charge < -0.3 is 15.2 Å². The maximum Gasteiger partial charge on any atom is 0.437 e. The van der Waals surface area contributed by atoms with E-state index in [-0.39, 0.29) is 5.69 Å². The van der Waals surface area contributed by atoms with E-state index in [1.54, 1.807) is 20.8 Å².